The highest BCUT2D eigenvalue weighted by molar-refractivity contribution is 9.10. The van der Waals surface area contributed by atoms with E-state index < -0.39 is 11.9 Å². The number of hydrogen-bond acceptors (Lipinski definition) is 3. The molecule has 5 heteroatoms. The van der Waals surface area contributed by atoms with Gasteiger partial charge in [-0.25, -0.2) is 0 Å². The Morgan fingerprint density at radius 2 is 2.25 bits per heavy atom. The van der Waals surface area contributed by atoms with E-state index in [0.29, 0.717) is 11.3 Å². The molecule has 1 aromatic rings. The predicted molar refractivity (Wildman–Crippen MR) is 64.9 cm³/mol. The number of carboxylic acids is 1. The third kappa shape index (κ3) is 2.54. The van der Waals surface area contributed by atoms with Crippen LogP contribution in [-0.2, 0) is 4.79 Å². The standard InChI is InChI=1S/C11H14BrNO3/c1-6-3-7(8(5-13)11(14)15)4-9(12)10(6)16-2/h3-4,8H,5,13H2,1-2H3,(H,14,15). The molecule has 0 aliphatic rings. The van der Waals surface area contributed by atoms with Crippen molar-refractivity contribution in [3.63, 3.8) is 0 Å². The highest BCUT2D eigenvalue weighted by Gasteiger charge is 2.20. The molecule has 88 valence electrons. The van der Waals surface area contributed by atoms with E-state index in [2.05, 4.69) is 15.9 Å². The van der Waals surface area contributed by atoms with Gasteiger partial charge in [0, 0.05) is 6.54 Å². The monoisotopic (exact) mass is 287 g/mol. The smallest absolute Gasteiger partial charge is 0.312 e. The molecule has 1 rings (SSSR count). The number of nitrogens with two attached hydrogens (primary N) is 1. The number of hydrogen-bond donors (Lipinski definition) is 2. The van der Waals surface area contributed by atoms with Crippen LogP contribution in [-0.4, -0.2) is 24.7 Å². The number of ether oxygens (including phenoxy) is 1. The Kier molecular flexibility index (Phi) is 4.32. The number of carbonyl (C=O) groups is 1. The molecule has 0 radical (unpaired) electrons. The van der Waals surface area contributed by atoms with Gasteiger partial charge in [0.15, 0.2) is 0 Å². The molecule has 0 aliphatic carbocycles. The minimum absolute atomic E-state index is 0.0769. The van der Waals surface area contributed by atoms with E-state index in [1.165, 1.54) is 0 Å². The van der Waals surface area contributed by atoms with Crippen molar-refractivity contribution in [2.24, 2.45) is 5.73 Å². The molecular weight excluding hydrogens is 274 g/mol. The summed E-state index contributed by atoms with van der Waals surface area (Å²) < 4.78 is 5.92. The molecule has 0 saturated carbocycles. The van der Waals surface area contributed by atoms with Crippen molar-refractivity contribution >= 4 is 21.9 Å². The van der Waals surface area contributed by atoms with Gasteiger partial charge in [-0.05, 0) is 40.0 Å². The van der Waals surface area contributed by atoms with Crippen LogP contribution in [0, 0.1) is 6.92 Å². The molecule has 0 saturated heterocycles. The Hall–Kier alpha value is -1.07. The summed E-state index contributed by atoms with van der Waals surface area (Å²) in [6, 6.07) is 3.52. The van der Waals surface area contributed by atoms with E-state index in [0.717, 1.165) is 10.0 Å². The molecule has 3 N–H and O–H groups in total. The predicted octanol–water partition coefficient (Wildman–Crippen LogP) is 1.89. The summed E-state index contributed by atoms with van der Waals surface area (Å²) in [6.45, 7) is 1.94. The van der Waals surface area contributed by atoms with Gasteiger partial charge >= 0.3 is 5.97 Å². The molecule has 0 fully saturated rings. The largest absolute Gasteiger partial charge is 0.495 e. The highest BCUT2D eigenvalue weighted by atomic mass is 79.9. The maximum Gasteiger partial charge on any atom is 0.312 e. The Bertz CT molecular complexity index is 383. The average molecular weight is 288 g/mol. The summed E-state index contributed by atoms with van der Waals surface area (Å²) in [7, 11) is 1.57. The van der Waals surface area contributed by atoms with E-state index >= 15 is 0 Å². The lowest BCUT2D eigenvalue weighted by Gasteiger charge is -2.14. The Morgan fingerprint density at radius 1 is 1.62 bits per heavy atom. The molecule has 0 heterocycles. The minimum Gasteiger partial charge on any atom is -0.495 e. The topological polar surface area (TPSA) is 72.5 Å². The van der Waals surface area contributed by atoms with Crippen molar-refractivity contribution in [1.82, 2.24) is 0 Å². The number of aryl methyl sites for hydroxylation is 1. The SMILES string of the molecule is COc1c(C)cc(C(CN)C(=O)O)cc1Br. The first kappa shape index (κ1) is 13.0. The average Bonchev–Trinajstić information content (AvgIpc) is 2.17. The molecule has 1 unspecified atom stereocenters. The molecule has 0 bridgehead atoms. The zero-order valence-electron chi connectivity index (χ0n) is 9.16. The third-order valence-electron chi connectivity index (χ3n) is 2.39. The van der Waals surface area contributed by atoms with Crippen molar-refractivity contribution in [2.75, 3.05) is 13.7 Å². The first-order valence-electron chi connectivity index (χ1n) is 4.78. The fourth-order valence-electron chi connectivity index (χ4n) is 1.60. The number of carboxylic acid groups (broad SMARTS) is 1. The van der Waals surface area contributed by atoms with Crippen LogP contribution in [0.1, 0.15) is 17.0 Å². The normalized spacial score (nSPS) is 12.2. The number of benzene rings is 1. The molecule has 0 amide bonds. The van der Waals surface area contributed by atoms with Gasteiger partial charge in [0.1, 0.15) is 5.75 Å². The van der Waals surface area contributed by atoms with E-state index in [1.54, 1.807) is 19.2 Å². The van der Waals surface area contributed by atoms with Crippen LogP contribution in [0.25, 0.3) is 0 Å². The summed E-state index contributed by atoms with van der Waals surface area (Å²) in [5.74, 6) is -0.884. The van der Waals surface area contributed by atoms with Crippen molar-refractivity contribution in [3.05, 3.63) is 27.7 Å². The zero-order valence-corrected chi connectivity index (χ0v) is 10.7. The van der Waals surface area contributed by atoms with Crippen molar-refractivity contribution < 1.29 is 14.6 Å². The molecule has 0 aromatic heterocycles. The maximum absolute atomic E-state index is 11.0. The van der Waals surface area contributed by atoms with Crippen molar-refractivity contribution in [2.45, 2.75) is 12.8 Å². The number of methoxy groups -OCH3 is 1. The fourth-order valence-corrected chi connectivity index (χ4v) is 2.34. The first-order valence-corrected chi connectivity index (χ1v) is 5.57. The van der Waals surface area contributed by atoms with E-state index in [9.17, 15) is 4.79 Å². The van der Waals surface area contributed by atoms with E-state index in [4.69, 9.17) is 15.6 Å². The lowest BCUT2D eigenvalue weighted by Crippen LogP contribution is -2.21. The summed E-state index contributed by atoms with van der Waals surface area (Å²) in [5.41, 5.74) is 7.01. The lowest BCUT2D eigenvalue weighted by atomic mass is 9.97. The van der Waals surface area contributed by atoms with Crippen LogP contribution in [0.5, 0.6) is 5.75 Å². The van der Waals surface area contributed by atoms with Gasteiger partial charge < -0.3 is 15.6 Å². The minimum atomic E-state index is -0.918. The highest BCUT2D eigenvalue weighted by Crippen LogP contribution is 2.32. The van der Waals surface area contributed by atoms with Crippen LogP contribution in [0.15, 0.2) is 16.6 Å². The quantitative estimate of drug-likeness (QED) is 0.887. The second-order valence-corrected chi connectivity index (χ2v) is 4.33. The number of halogens is 1. The number of aliphatic carboxylic acids is 1. The number of rotatable bonds is 4. The third-order valence-corrected chi connectivity index (χ3v) is 2.98. The van der Waals surface area contributed by atoms with Crippen molar-refractivity contribution in [3.8, 4) is 5.75 Å². The molecule has 1 aromatic carbocycles. The second-order valence-electron chi connectivity index (χ2n) is 3.48. The zero-order chi connectivity index (χ0) is 12.3. The second kappa shape index (κ2) is 5.32. The van der Waals surface area contributed by atoms with Gasteiger partial charge in [0.05, 0.1) is 17.5 Å². The van der Waals surface area contributed by atoms with Crippen LogP contribution in [0.3, 0.4) is 0 Å². The van der Waals surface area contributed by atoms with Gasteiger partial charge in [0.25, 0.3) is 0 Å². The van der Waals surface area contributed by atoms with Gasteiger partial charge in [-0.3, -0.25) is 4.79 Å². The van der Waals surface area contributed by atoms with E-state index in [-0.39, 0.29) is 6.54 Å². The molecule has 4 nitrogen and oxygen atoms in total. The Morgan fingerprint density at radius 3 is 2.62 bits per heavy atom. The first-order chi connectivity index (χ1) is 7.51. The molecule has 16 heavy (non-hydrogen) atoms. The lowest BCUT2D eigenvalue weighted by molar-refractivity contribution is -0.138. The summed E-state index contributed by atoms with van der Waals surface area (Å²) in [6.07, 6.45) is 0. The summed E-state index contributed by atoms with van der Waals surface area (Å²) >= 11 is 3.35. The van der Waals surface area contributed by atoms with Gasteiger partial charge in [-0.1, -0.05) is 6.07 Å². The Labute approximate surface area is 103 Å². The van der Waals surface area contributed by atoms with Crippen LogP contribution in [0.2, 0.25) is 0 Å². The van der Waals surface area contributed by atoms with Gasteiger partial charge in [-0.15, -0.1) is 0 Å². The summed E-state index contributed by atoms with van der Waals surface area (Å²) in [4.78, 5) is 11.0. The van der Waals surface area contributed by atoms with E-state index in [1.807, 2.05) is 6.92 Å². The molecular formula is C11H14BrNO3. The van der Waals surface area contributed by atoms with Crippen LogP contribution in [0.4, 0.5) is 0 Å². The van der Waals surface area contributed by atoms with Crippen LogP contribution >= 0.6 is 15.9 Å². The van der Waals surface area contributed by atoms with Crippen LogP contribution < -0.4 is 10.5 Å². The molecule has 0 spiro atoms. The van der Waals surface area contributed by atoms with Crippen molar-refractivity contribution in [1.29, 1.82) is 0 Å². The summed E-state index contributed by atoms with van der Waals surface area (Å²) in [5, 5.41) is 9.01. The maximum atomic E-state index is 11.0. The van der Waals surface area contributed by atoms with Gasteiger partial charge in [0.2, 0.25) is 0 Å². The molecule has 1 atom stereocenters. The molecule has 0 aliphatic heterocycles. The fraction of sp³-hybridized carbons (Fsp3) is 0.364. The van der Waals surface area contributed by atoms with Gasteiger partial charge in [-0.2, -0.15) is 0 Å². The Balaban J connectivity index is 3.21.